The lowest BCUT2D eigenvalue weighted by Crippen LogP contribution is -2.33. The van der Waals surface area contributed by atoms with Gasteiger partial charge in [-0.2, -0.15) is 0 Å². The third-order valence-corrected chi connectivity index (χ3v) is 6.13. The lowest BCUT2D eigenvalue weighted by molar-refractivity contribution is -0.384. The van der Waals surface area contributed by atoms with Gasteiger partial charge in [-0.05, 0) is 55.4 Å². The SMILES string of the molecule is CC1CCN(c2ccc(C(=O)N3CCC[C@@H]3c3cccnc3)cc2[N+](=O)[O-])CC1. The summed E-state index contributed by atoms with van der Waals surface area (Å²) < 4.78 is 0. The van der Waals surface area contributed by atoms with Gasteiger partial charge in [0.05, 0.1) is 11.0 Å². The number of nitro groups is 1. The van der Waals surface area contributed by atoms with Crippen LogP contribution in [-0.2, 0) is 0 Å². The summed E-state index contributed by atoms with van der Waals surface area (Å²) in [5.41, 5.74) is 2.01. The molecule has 1 atom stereocenters. The standard InChI is InChI=1S/C22H26N4O3/c1-16-8-12-24(13-9-16)20-7-6-17(14-21(20)26(28)29)22(27)25-11-3-5-19(25)18-4-2-10-23-15-18/h2,4,6-7,10,14-16,19H,3,5,8-9,11-13H2,1H3/t19-/m1/s1. The summed E-state index contributed by atoms with van der Waals surface area (Å²) in [5, 5.41) is 11.8. The molecular weight excluding hydrogens is 368 g/mol. The summed E-state index contributed by atoms with van der Waals surface area (Å²) in [6.45, 7) is 4.48. The van der Waals surface area contributed by atoms with Gasteiger partial charge in [-0.25, -0.2) is 0 Å². The number of carbonyl (C=O) groups excluding carboxylic acids is 1. The molecule has 152 valence electrons. The van der Waals surface area contributed by atoms with Crippen molar-refractivity contribution in [2.75, 3.05) is 24.5 Å². The second-order valence-electron chi connectivity index (χ2n) is 8.07. The van der Waals surface area contributed by atoms with E-state index < -0.39 is 0 Å². The Balaban J connectivity index is 1.60. The first kappa shape index (κ1) is 19.4. The highest BCUT2D eigenvalue weighted by molar-refractivity contribution is 5.96. The van der Waals surface area contributed by atoms with Crippen LogP contribution in [0.5, 0.6) is 0 Å². The van der Waals surface area contributed by atoms with E-state index in [1.54, 1.807) is 24.5 Å². The number of benzene rings is 1. The average Bonchev–Trinajstić information content (AvgIpc) is 3.24. The van der Waals surface area contributed by atoms with Crippen LogP contribution in [0.2, 0.25) is 0 Å². The molecule has 0 saturated carbocycles. The van der Waals surface area contributed by atoms with Crippen LogP contribution in [0, 0.1) is 16.0 Å². The fraction of sp³-hybridized carbons (Fsp3) is 0.455. The highest BCUT2D eigenvalue weighted by Crippen LogP contribution is 2.36. The van der Waals surface area contributed by atoms with Crippen LogP contribution in [0.25, 0.3) is 0 Å². The van der Waals surface area contributed by atoms with E-state index in [4.69, 9.17) is 0 Å². The first-order chi connectivity index (χ1) is 14.0. The number of nitro benzene ring substituents is 1. The zero-order chi connectivity index (χ0) is 20.4. The minimum absolute atomic E-state index is 0.0162. The third kappa shape index (κ3) is 3.95. The Morgan fingerprint density at radius 2 is 1.97 bits per heavy atom. The van der Waals surface area contributed by atoms with Crippen molar-refractivity contribution < 1.29 is 9.72 Å². The molecule has 2 aliphatic rings. The van der Waals surface area contributed by atoms with E-state index in [1.165, 1.54) is 6.07 Å². The van der Waals surface area contributed by atoms with Gasteiger partial charge >= 0.3 is 0 Å². The molecule has 2 fully saturated rings. The number of hydrogen-bond acceptors (Lipinski definition) is 5. The summed E-state index contributed by atoms with van der Waals surface area (Å²) in [7, 11) is 0. The van der Waals surface area contributed by atoms with Crippen molar-refractivity contribution in [3.8, 4) is 0 Å². The number of anilines is 1. The fourth-order valence-electron chi connectivity index (χ4n) is 4.41. The number of pyridine rings is 1. The van der Waals surface area contributed by atoms with Gasteiger partial charge in [0.1, 0.15) is 5.69 Å². The number of rotatable bonds is 4. The normalized spacial score (nSPS) is 20.1. The molecule has 4 rings (SSSR count). The molecule has 2 saturated heterocycles. The monoisotopic (exact) mass is 394 g/mol. The molecule has 0 bridgehead atoms. The van der Waals surface area contributed by atoms with Crippen molar-refractivity contribution >= 4 is 17.3 Å². The Labute approximate surface area is 170 Å². The summed E-state index contributed by atoms with van der Waals surface area (Å²) in [6.07, 6.45) is 7.35. The predicted molar refractivity (Wildman–Crippen MR) is 111 cm³/mol. The summed E-state index contributed by atoms with van der Waals surface area (Å²) in [6, 6.07) is 8.76. The van der Waals surface area contributed by atoms with E-state index >= 15 is 0 Å². The number of likely N-dealkylation sites (tertiary alicyclic amines) is 1. The molecule has 0 spiro atoms. The maximum absolute atomic E-state index is 13.2. The Kier molecular flexibility index (Phi) is 5.47. The Morgan fingerprint density at radius 1 is 1.17 bits per heavy atom. The highest BCUT2D eigenvalue weighted by atomic mass is 16.6. The van der Waals surface area contributed by atoms with Crippen LogP contribution < -0.4 is 4.90 Å². The molecule has 3 heterocycles. The zero-order valence-electron chi connectivity index (χ0n) is 16.7. The number of piperidine rings is 1. The van der Waals surface area contributed by atoms with Gasteiger partial charge in [0.15, 0.2) is 0 Å². The number of carbonyl (C=O) groups is 1. The maximum Gasteiger partial charge on any atom is 0.293 e. The lowest BCUT2D eigenvalue weighted by Gasteiger charge is -2.32. The maximum atomic E-state index is 13.2. The van der Waals surface area contributed by atoms with Gasteiger partial charge in [0.25, 0.3) is 11.6 Å². The van der Waals surface area contributed by atoms with Crippen LogP contribution in [0.1, 0.15) is 54.6 Å². The first-order valence-electron chi connectivity index (χ1n) is 10.3. The van der Waals surface area contributed by atoms with Gasteiger partial charge in [0, 0.05) is 43.7 Å². The third-order valence-electron chi connectivity index (χ3n) is 6.13. The molecule has 0 radical (unpaired) electrons. The van der Waals surface area contributed by atoms with Crippen molar-refractivity contribution in [1.29, 1.82) is 0 Å². The number of hydrogen-bond donors (Lipinski definition) is 0. The number of aromatic nitrogens is 1. The smallest absolute Gasteiger partial charge is 0.293 e. The zero-order valence-corrected chi connectivity index (χ0v) is 16.7. The Hall–Kier alpha value is -2.96. The number of nitrogens with zero attached hydrogens (tertiary/aromatic N) is 4. The van der Waals surface area contributed by atoms with Crippen molar-refractivity contribution in [2.45, 2.75) is 38.6 Å². The fourth-order valence-corrected chi connectivity index (χ4v) is 4.41. The van der Waals surface area contributed by atoms with Gasteiger partial charge in [-0.3, -0.25) is 19.9 Å². The van der Waals surface area contributed by atoms with Crippen LogP contribution in [-0.4, -0.2) is 40.3 Å². The Bertz CT molecular complexity index is 894. The minimum Gasteiger partial charge on any atom is -0.366 e. The minimum atomic E-state index is -0.368. The molecule has 0 unspecified atom stereocenters. The molecule has 7 heteroatoms. The van der Waals surface area contributed by atoms with Crippen molar-refractivity contribution in [3.05, 3.63) is 64.0 Å². The second kappa shape index (κ2) is 8.19. The topological polar surface area (TPSA) is 79.6 Å². The molecule has 1 aromatic heterocycles. The van der Waals surface area contributed by atoms with Gasteiger partial charge in [0.2, 0.25) is 0 Å². The first-order valence-corrected chi connectivity index (χ1v) is 10.3. The highest BCUT2D eigenvalue weighted by Gasteiger charge is 2.32. The molecular formula is C22H26N4O3. The van der Waals surface area contributed by atoms with Crippen LogP contribution in [0.3, 0.4) is 0 Å². The van der Waals surface area contributed by atoms with Crippen LogP contribution in [0.15, 0.2) is 42.7 Å². The molecule has 0 N–H and O–H groups in total. The summed E-state index contributed by atoms with van der Waals surface area (Å²) in [5.74, 6) is 0.490. The van der Waals surface area contributed by atoms with E-state index in [0.29, 0.717) is 23.7 Å². The van der Waals surface area contributed by atoms with Gasteiger partial charge in [-0.1, -0.05) is 13.0 Å². The second-order valence-corrected chi connectivity index (χ2v) is 8.07. The van der Waals surface area contributed by atoms with Gasteiger partial charge in [-0.15, -0.1) is 0 Å². The van der Waals surface area contributed by atoms with Crippen molar-refractivity contribution in [2.24, 2.45) is 5.92 Å². The van der Waals surface area contributed by atoms with Crippen LogP contribution >= 0.6 is 0 Å². The molecule has 2 aromatic rings. The molecule has 7 nitrogen and oxygen atoms in total. The molecule has 0 aliphatic carbocycles. The van der Waals surface area contributed by atoms with E-state index in [0.717, 1.165) is 44.3 Å². The summed E-state index contributed by atoms with van der Waals surface area (Å²) >= 11 is 0. The molecule has 1 aromatic carbocycles. The molecule has 1 amide bonds. The van der Waals surface area contributed by atoms with Gasteiger partial charge < -0.3 is 9.80 Å². The van der Waals surface area contributed by atoms with Crippen molar-refractivity contribution in [1.82, 2.24) is 9.88 Å². The lowest BCUT2D eigenvalue weighted by atomic mass is 9.98. The van der Waals surface area contributed by atoms with E-state index in [9.17, 15) is 14.9 Å². The molecule has 2 aliphatic heterocycles. The largest absolute Gasteiger partial charge is 0.366 e. The van der Waals surface area contributed by atoms with Crippen LogP contribution in [0.4, 0.5) is 11.4 Å². The Morgan fingerprint density at radius 3 is 2.66 bits per heavy atom. The average molecular weight is 394 g/mol. The number of amides is 1. The van der Waals surface area contributed by atoms with Crippen molar-refractivity contribution in [3.63, 3.8) is 0 Å². The van der Waals surface area contributed by atoms with E-state index in [1.807, 2.05) is 17.0 Å². The van der Waals surface area contributed by atoms with E-state index in [-0.39, 0.29) is 22.6 Å². The predicted octanol–water partition coefficient (Wildman–Crippen LogP) is 4.20. The molecule has 29 heavy (non-hydrogen) atoms. The summed E-state index contributed by atoms with van der Waals surface area (Å²) in [4.78, 5) is 32.7. The van der Waals surface area contributed by atoms with E-state index in [2.05, 4.69) is 16.8 Å². The quantitative estimate of drug-likeness (QED) is 0.573.